The van der Waals surface area contributed by atoms with Gasteiger partial charge in [-0.25, -0.2) is 13.1 Å². The van der Waals surface area contributed by atoms with Crippen LogP contribution in [0.3, 0.4) is 0 Å². The van der Waals surface area contributed by atoms with E-state index in [1.165, 1.54) is 19.2 Å². The van der Waals surface area contributed by atoms with Gasteiger partial charge in [0.2, 0.25) is 10.0 Å². The molecule has 0 aliphatic heterocycles. The summed E-state index contributed by atoms with van der Waals surface area (Å²) in [4.78, 5) is 4.31. The normalized spacial score (nSPS) is 12.9. The smallest absolute Gasteiger partial charge is 0.241 e. The van der Waals surface area contributed by atoms with Crippen molar-refractivity contribution in [2.75, 3.05) is 7.11 Å². The summed E-state index contributed by atoms with van der Waals surface area (Å²) in [6.07, 6.45) is 1.63. The second kappa shape index (κ2) is 6.55. The Bertz CT molecular complexity index is 720. The van der Waals surface area contributed by atoms with Crippen LogP contribution in [0.15, 0.2) is 52.0 Å². The van der Waals surface area contributed by atoms with Crippen LogP contribution in [-0.2, 0) is 10.0 Å². The maximum Gasteiger partial charge on any atom is 0.241 e. The lowest BCUT2D eigenvalue weighted by atomic mass is 10.2. The highest BCUT2D eigenvalue weighted by molar-refractivity contribution is 9.10. The molecule has 5 nitrogen and oxygen atoms in total. The van der Waals surface area contributed by atoms with E-state index in [0.717, 1.165) is 0 Å². The highest BCUT2D eigenvalue weighted by Crippen LogP contribution is 2.27. The van der Waals surface area contributed by atoms with Gasteiger partial charge in [-0.1, -0.05) is 6.07 Å². The SMILES string of the molecule is COc1ccc(S(=O)(=O)N[C@H](C)c2ccccn2)cc1Br. The van der Waals surface area contributed by atoms with Crippen LogP contribution in [0, 0.1) is 0 Å². The molecule has 1 aromatic heterocycles. The van der Waals surface area contributed by atoms with E-state index in [0.29, 0.717) is 15.9 Å². The third kappa shape index (κ3) is 3.81. The standard InChI is InChI=1S/C14H15BrN2O3S/c1-10(13-5-3-4-8-16-13)17-21(18,19)11-6-7-14(20-2)12(15)9-11/h3-10,17H,1-2H3/t10-/m1/s1. The number of nitrogens with one attached hydrogen (secondary N) is 1. The predicted octanol–water partition coefficient (Wildman–Crippen LogP) is 2.89. The Balaban J connectivity index is 2.24. The van der Waals surface area contributed by atoms with Crippen molar-refractivity contribution in [1.29, 1.82) is 0 Å². The fourth-order valence-electron chi connectivity index (χ4n) is 1.81. The van der Waals surface area contributed by atoms with Gasteiger partial charge >= 0.3 is 0 Å². The zero-order valence-corrected chi connectivity index (χ0v) is 14.0. The molecule has 1 atom stereocenters. The van der Waals surface area contributed by atoms with E-state index in [1.54, 1.807) is 31.3 Å². The molecule has 0 unspecified atom stereocenters. The first-order valence-corrected chi connectivity index (χ1v) is 8.48. The average Bonchev–Trinajstić information content (AvgIpc) is 2.47. The van der Waals surface area contributed by atoms with Gasteiger partial charge in [-0.05, 0) is 53.2 Å². The van der Waals surface area contributed by atoms with Gasteiger partial charge < -0.3 is 4.74 Å². The van der Waals surface area contributed by atoms with Gasteiger partial charge in [0, 0.05) is 6.20 Å². The topological polar surface area (TPSA) is 68.3 Å². The molecule has 0 saturated carbocycles. The third-order valence-electron chi connectivity index (χ3n) is 2.90. The number of ether oxygens (including phenoxy) is 1. The summed E-state index contributed by atoms with van der Waals surface area (Å²) in [5, 5.41) is 0. The first kappa shape index (κ1) is 15.9. The molecule has 0 amide bonds. The Labute approximate surface area is 132 Å². The van der Waals surface area contributed by atoms with Crippen molar-refractivity contribution < 1.29 is 13.2 Å². The third-order valence-corrected chi connectivity index (χ3v) is 5.06. The number of hydrogen-bond donors (Lipinski definition) is 1. The summed E-state index contributed by atoms with van der Waals surface area (Å²) in [7, 11) is -2.11. The maximum absolute atomic E-state index is 12.4. The second-order valence-electron chi connectivity index (χ2n) is 4.39. The number of nitrogens with zero attached hydrogens (tertiary/aromatic N) is 1. The minimum atomic E-state index is -3.63. The van der Waals surface area contributed by atoms with Crippen LogP contribution < -0.4 is 9.46 Å². The molecule has 0 bridgehead atoms. The molecule has 1 heterocycles. The zero-order chi connectivity index (χ0) is 15.5. The molecule has 0 fully saturated rings. The van der Waals surface area contributed by atoms with Gasteiger partial charge in [0.05, 0.1) is 28.2 Å². The van der Waals surface area contributed by atoms with Crippen molar-refractivity contribution in [3.8, 4) is 5.75 Å². The lowest BCUT2D eigenvalue weighted by molar-refractivity contribution is 0.411. The van der Waals surface area contributed by atoms with Crippen LogP contribution in [0.1, 0.15) is 18.7 Å². The molecule has 112 valence electrons. The molecular formula is C14H15BrN2O3S. The molecule has 0 aliphatic rings. The largest absolute Gasteiger partial charge is 0.496 e. The molecule has 2 aromatic rings. The number of sulfonamides is 1. The zero-order valence-electron chi connectivity index (χ0n) is 11.6. The summed E-state index contributed by atoms with van der Waals surface area (Å²) in [6, 6.07) is 9.56. The number of pyridine rings is 1. The maximum atomic E-state index is 12.4. The average molecular weight is 371 g/mol. The summed E-state index contributed by atoms with van der Waals surface area (Å²) in [6.45, 7) is 1.75. The summed E-state index contributed by atoms with van der Waals surface area (Å²) in [5.74, 6) is 0.576. The van der Waals surface area contributed by atoms with Crippen LogP contribution in [0.4, 0.5) is 0 Å². The number of hydrogen-bond acceptors (Lipinski definition) is 4. The lowest BCUT2D eigenvalue weighted by Crippen LogP contribution is -2.27. The monoisotopic (exact) mass is 370 g/mol. The van der Waals surface area contributed by atoms with E-state index >= 15 is 0 Å². The van der Waals surface area contributed by atoms with Crippen LogP contribution in [0.2, 0.25) is 0 Å². The van der Waals surface area contributed by atoms with Crippen molar-refractivity contribution in [3.63, 3.8) is 0 Å². The lowest BCUT2D eigenvalue weighted by Gasteiger charge is -2.14. The number of rotatable bonds is 5. The van der Waals surface area contributed by atoms with Gasteiger partial charge in [-0.15, -0.1) is 0 Å². The molecule has 0 spiro atoms. The van der Waals surface area contributed by atoms with E-state index < -0.39 is 16.1 Å². The van der Waals surface area contributed by atoms with Gasteiger partial charge in [0.1, 0.15) is 5.75 Å². The summed E-state index contributed by atoms with van der Waals surface area (Å²) in [5.41, 5.74) is 0.661. The van der Waals surface area contributed by atoms with Crippen LogP contribution >= 0.6 is 15.9 Å². The first-order valence-electron chi connectivity index (χ1n) is 6.21. The number of benzene rings is 1. The molecule has 7 heteroatoms. The Morgan fingerprint density at radius 2 is 2.05 bits per heavy atom. The Morgan fingerprint density at radius 3 is 2.62 bits per heavy atom. The van der Waals surface area contributed by atoms with Crippen molar-refractivity contribution in [1.82, 2.24) is 9.71 Å². The molecule has 1 N–H and O–H groups in total. The van der Waals surface area contributed by atoms with Crippen LogP contribution in [-0.4, -0.2) is 20.5 Å². The highest BCUT2D eigenvalue weighted by atomic mass is 79.9. The fourth-order valence-corrected chi connectivity index (χ4v) is 3.74. The number of methoxy groups -OCH3 is 1. The van der Waals surface area contributed by atoms with Gasteiger partial charge in [-0.2, -0.15) is 0 Å². The van der Waals surface area contributed by atoms with E-state index in [1.807, 2.05) is 6.07 Å². The van der Waals surface area contributed by atoms with E-state index in [2.05, 4.69) is 25.6 Å². The van der Waals surface area contributed by atoms with Gasteiger partial charge in [0.15, 0.2) is 0 Å². The molecule has 0 radical (unpaired) electrons. The van der Waals surface area contributed by atoms with Crippen LogP contribution in [0.25, 0.3) is 0 Å². The molecule has 1 aromatic carbocycles. The molecule has 0 saturated heterocycles. The Morgan fingerprint density at radius 1 is 1.29 bits per heavy atom. The van der Waals surface area contributed by atoms with Crippen molar-refractivity contribution >= 4 is 26.0 Å². The van der Waals surface area contributed by atoms with E-state index in [-0.39, 0.29) is 4.90 Å². The fraction of sp³-hybridized carbons (Fsp3) is 0.214. The summed E-state index contributed by atoms with van der Waals surface area (Å²) >= 11 is 3.28. The molecule has 21 heavy (non-hydrogen) atoms. The van der Waals surface area contributed by atoms with E-state index in [4.69, 9.17) is 4.74 Å². The number of halogens is 1. The molecular weight excluding hydrogens is 356 g/mol. The summed E-state index contributed by atoms with van der Waals surface area (Å²) < 4.78 is 33.0. The first-order chi connectivity index (χ1) is 9.94. The van der Waals surface area contributed by atoms with Crippen LogP contribution in [0.5, 0.6) is 5.75 Å². The molecule has 0 aliphatic carbocycles. The number of aromatic nitrogens is 1. The van der Waals surface area contributed by atoms with Crippen molar-refractivity contribution in [2.24, 2.45) is 0 Å². The second-order valence-corrected chi connectivity index (χ2v) is 6.96. The van der Waals surface area contributed by atoms with Gasteiger partial charge in [0.25, 0.3) is 0 Å². The highest BCUT2D eigenvalue weighted by Gasteiger charge is 2.20. The van der Waals surface area contributed by atoms with E-state index in [9.17, 15) is 8.42 Å². The Kier molecular flexibility index (Phi) is 4.97. The minimum absolute atomic E-state index is 0.165. The minimum Gasteiger partial charge on any atom is -0.496 e. The van der Waals surface area contributed by atoms with Crippen molar-refractivity contribution in [2.45, 2.75) is 17.9 Å². The van der Waals surface area contributed by atoms with Gasteiger partial charge in [-0.3, -0.25) is 4.98 Å². The molecule has 2 rings (SSSR count). The van der Waals surface area contributed by atoms with Crippen molar-refractivity contribution in [3.05, 3.63) is 52.8 Å². The Hall–Kier alpha value is -1.44. The predicted molar refractivity (Wildman–Crippen MR) is 83.7 cm³/mol. The quantitative estimate of drug-likeness (QED) is 0.878.